The van der Waals surface area contributed by atoms with Crippen LogP contribution in [-0.4, -0.2) is 20.9 Å². The lowest BCUT2D eigenvalue weighted by Gasteiger charge is -2.26. The molecule has 1 aliphatic carbocycles. The minimum atomic E-state index is -0.693. The Morgan fingerprint density at radius 2 is 2.06 bits per heavy atom. The van der Waals surface area contributed by atoms with Crippen LogP contribution in [0.1, 0.15) is 37.3 Å². The Hall–Kier alpha value is -1.52. The molecule has 0 amide bonds. The van der Waals surface area contributed by atoms with Crippen molar-refractivity contribution in [2.45, 2.75) is 31.6 Å². The molecule has 1 aromatic rings. The van der Waals surface area contributed by atoms with Crippen molar-refractivity contribution < 1.29 is 9.90 Å². The molecule has 0 spiro atoms. The molecule has 1 heterocycles. The average Bonchev–Trinajstić information content (AvgIpc) is 2.58. The van der Waals surface area contributed by atoms with E-state index < -0.39 is 5.97 Å². The van der Waals surface area contributed by atoms with Gasteiger partial charge >= 0.3 is 5.97 Å². The molecule has 1 aliphatic rings. The molecule has 88 valence electrons. The number of nitrogens with one attached hydrogen (secondary N) is 1. The Morgan fingerprint density at radius 1 is 1.44 bits per heavy atom. The Morgan fingerprint density at radius 3 is 2.50 bits per heavy atom. The number of carboxylic acid groups (broad SMARTS) is 1. The first-order valence-corrected chi connectivity index (χ1v) is 5.56. The molecule has 5 heteroatoms. The van der Waals surface area contributed by atoms with Crippen LogP contribution in [0, 0.1) is 5.92 Å². The van der Waals surface area contributed by atoms with Crippen molar-refractivity contribution in [3.05, 3.63) is 22.1 Å². The van der Waals surface area contributed by atoms with E-state index in [1.165, 1.54) is 0 Å². The summed E-state index contributed by atoms with van der Waals surface area (Å²) in [5, 5.41) is 11.6. The number of aromatic nitrogens is 2. The molecule has 1 aromatic heterocycles. The third kappa shape index (κ3) is 2.03. The van der Waals surface area contributed by atoms with Crippen molar-refractivity contribution in [2.24, 2.45) is 13.0 Å². The van der Waals surface area contributed by atoms with Crippen molar-refractivity contribution >= 4 is 5.97 Å². The monoisotopic (exact) mass is 224 g/mol. The molecule has 0 radical (unpaired) electrons. The summed E-state index contributed by atoms with van der Waals surface area (Å²) in [6.45, 7) is 0. The van der Waals surface area contributed by atoms with Gasteiger partial charge in [-0.05, 0) is 25.7 Å². The highest BCUT2D eigenvalue weighted by Gasteiger charge is 2.28. The van der Waals surface area contributed by atoms with Crippen LogP contribution in [0.3, 0.4) is 0 Å². The molecule has 2 rings (SSSR count). The Labute approximate surface area is 93.1 Å². The van der Waals surface area contributed by atoms with Crippen LogP contribution in [0.4, 0.5) is 0 Å². The predicted octanol–water partition coefficient (Wildman–Crippen LogP) is 1.07. The number of hydrogen-bond acceptors (Lipinski definition) is 2. The lowest BCUT2D eigenvalue weighted by atomic mass is 9.80. The van der Waals surface area contributed by atoms with E-state index in [9.17, 15) is 9.59 Å². The smallest absolute Gasteiger partial charge is 0.306 e. The molecule has 1 saturated carbocycles. The van der Waals surface area contributed by atoms with Gasteiger partial charge < -0.3 is 5.11 Å². The number of carbonyl (C=O) groups is 1. The van der Waals surface area contributed by atoms with Crippen LogP contribution in [0.15, 0.2) is 10.9 Å². The maximum absolute atomic E-state index is 11.2. The van der Waals surface area contributed by atoms with Gasteiger partial charge in [-0.3, -0.25) is 19.4 Å². The molecule has 0 bridgehead atoms. The van der Waals surface area contributed by atoms with E-state index in [1.54, 1.807) is 10.7 Å². The van der Waals surface area contributed by atoms with Gasteiger partial charge in [0.2, 0.25) is 0 Å². The minimum absolute atomic E-state index is 0.0853. The maximum Gasteiger partial charge on any atom is 0.306 e. The summed E-state index contributed by atoms with van der Waals surface area (Å²) in [5.41, 5.74) is 0.909. The number of H-pyrrole nitrogens is 1. The van der Waals surface area contributed by atoms with E-state index >= 15 is 0 Å². The van der Waals surface area contributed by atoms with Gasteiger partial charge in [-0.1, -0.05) is 0 Å². The summed E-state index contributed by atoms with van der Waals surface area (Å²) in [7, 11) is 1.82. The summed E-state index contributed by atoms with van der Waals surface area (Å²) in [6.07, 6.45) is 3.11. The first-order chi connectivity index (χ1) is 7.58. The normalized spacial score (nSPS) is 25.6. The van der Waals surface area contributed by atoms with E-state index in [1.807, 2.05) is 7.05 Å². The molecule has 0 atom stereocenters. The van der Waals surface area contributed by atoms with E-state index in [2.05, 4.69) is 5.10 Å². The lowest BCUT2D eigenvalue weighted by molar-refractivity contribution is -0.142. The van der Waals surface area contributed by atoms with Gasteiger partial charge in [-0.25, -0.2) is 0 Å². The molecular weight excluding hydrogens is 208 g/mol. The highest BCUT2D eigenvalue weighted by Crippen LogP contribution is 2.34. The number of rotatable bonds is 2. The van der Waals surface area contributed by atoms with Crippen molar-refractivity contribution in [3.63, 3.8) is 0 Å². The van der Waals surface area contributed by atoms with E-state index in [-0.39, 0.29) is 11.5 Å². The summed E-state index contributed by atoms with van der Waals surface area (Å²) < 4.78 is 1.74. The zero-order chi connectivity index (χ0) is 11.7. The number of aryl methyl sites for hydroxylation is 1. The number of carboxylic acids is 1. The number of aromatic amines is 1. The minimum Gasteiger partial charge on any atom is -0.481 e. The zero-order valence-electron chi connectivity index (χ0n) is 9.27. The van der Waals surface area contributed by atoms with Gasteiger partial charge in [-0.15, -0.1) is 0 Å². The van der Waals surface area contributed by atoms with Crippen LogP contribution in [0.25, 0.3) is 0 Å². The summed E-state index contributed by atoms with van der Waals surface area (Å²) in [6, 6.07) is 1.62. The highest BCUT2D eigenvalue weighted by molar-refractivity contribution is 5.70. The Balaban J connectivity index is 2.07. The second-order valence-corrected chi connectivity index (χ2v) is 4.49. The summed E-state index contributed by atoms with van der Waals surface area (Å²) in [5.74, 6) is -0.576. The van der Waals surface area contributed by atoms with Crippen molar-refractivity contribution in [1.29, 1.82) is 0 Å². The topological polar surface area (TPSA) is 75.1 Å². The van der Waals surface area contributed by atoms with Gasteiger partial charge in [0.25, 0.3) is 5.56 Å². The molecular formula is C11H16N2O3. The third-order valence-corrected chi connectivity index (χ3v) is 3.44. The maximum atomic E-state index is 11.2. The van der Waals surface area contributed by atoms with Gasteiger partial charge in [0.15, 0.2) is 0 Å². The van der Waals surface area contributed by atoms with Crippen molar-refractivity contribution in [2.75, 3.05) is 0 Å². The predicted molar refractivity (Wildman–Crippen MR) is 58.4 cm³/mol. The summed E-state index contributed by atoms with van der Waals surface area (Å²) in [4.78, 5) is 22.0. The van der Waals surface area contributed by atoms with Crippen molar-refractivity contribution in [1.82, 2.24) is 9.78 Å². The molecule has 1 fully saturated rings. The SMILES string of the molecule is Cn1[nH]c(=O)cc1C1CCC(C(=O)O)CC1. The second-order valence-electron chi connectivity index (χ2n) is 4.49. The standard InChI is InChI=1S/C11H16N2O3/c1-13-9(6-10(14)12-13)7-2-4-8(5-3-7)11(15)16/h6-8H,2-5H2,1H3,(H,12,14)(H,15,16). The second kappa shape index (κ2) is 4.15. The summed E-state index contributed by atoms with van der Waals surface area (Å²) >= 11 is 0. The fourth-order valence-corrected chi connectivity index (χ4v) is 2.52. The zero-order valence-corrected chi connectivity index (χ0v) is 9.27. The number of aliphatic carboxylic acids is 1. The fourth-order valence-electron chi connectivity index (χ4n) is 2.52. The first-order valence-electron chi connectivity index (χ1n) is 5.56. The van der Waals surface area contributed by atoms with Crippen LogP contribution in [0.2, 0.25) is 0 Å². The molecule has 0 aliphatic heterocycles. The lowest BCUT2D eigenvalue weighted by Crippen LogP contribution is -2.21. The molecule has 5 nitrogen and oxygen atoms in total. The largest absolute Gasteiger partial charge is 0.481 e. The first kappa shape index (κ1) is 11.0. The van der Waals surface area contributed by atoms with E-state index in [4.69, 9.17) is 5.11 Å². The molecule has 0 saturated heterocycles. The Bertz CT molecular complexity index is 438. The van der Waals surface area contributed by atoms with Crippen LogP contribution in [-0.2, 0) is 11.8 Å². The van der Waals surface area contributed by atoms with Gasteiger partial charge in [0.05, 0.1) is 5.92 Å². The Kier molecular flexibility index (Phi) is 2.85. The highest BCUT2D eigenvalue weighted by atomic mass is 16.4. The third-order valence-electron chi connectivity index (χ3n) is 3.44. The molecule has 2 N–H and O–H groups in total. The molecule has 0 unspecified atom stereocenters. The number of hydrogen-bond donors (Lipinski definition) is 2. The van der Waals surface area contributed by atoms with Crippen molar-refractivity contribution in [3.8, 4) is 0 Å². The fraction of sp³-hybridized carbons (Fsp3) is 0.636. The van der Waals surface area contributed by atoms with E-state index in [0.29, 0.717) is 18.8 Å². The quantitative estimate of drug-likeness (QED) is 0.789. The van der Waals surface area contributed by atoms with E-state index in [0.717, 1.165) is 18.5 Å². The molecule has 0 aromatic carbocycles. The van der Waals surface area contributed by atoms with Gasteiger partial charge in [-0.2, -0.15) is 0 Å². The van der Waals surface area contributed by atoms with Gasteiger partial charge in [0.1, 0.15) is 0 Å². The number of nitrogens with zero attached hydrogens (tertiary/aromatic N) is 1. The van der Waals surface area contributed by atoms with Gasteiger partial charge in [0, 0.05) is 24.7 Å². The van der Waals surface area contributed by atoms with Crippen LogP contribution < -0.4 is 5.56 Å². The van der Waals surface area contributed by atoms with Crippen LogP contribution in [0.5, 0.6) is 0 Å². The molecule has 16 heavy (non-hydrogen) atoms. The van der Waals surface area contributed by atoms with Crippen LogP contribution >= 0.6 is 0 Å². The average molecular weight is 224 g/mol.